The molecule has 2 aromatic carbocycles. The molecular formula is C20H19FN2O3. The molecule has 0 saturated carbocycles. The van der Waals surface area contributed by atoms with E-state index in [0.717, 1.165) is 16.5 Å². The van der Waals surface area contributed by atoms with E-state index in [9.17, 15) is 14.0 Å². The van der Waals surface area contributed by atoms with Gasteiger partial charge in [0.25, 0.3) is 11.5 Å². The Hall–Kier alpha value is -3.15. The molecule has 134 valence electrons. The second-order valence-corrected chi connectivity index (χ2v) is 5.91. The fourth-order valence-electron chi connectivity index (χ4n) is 2.84. The molecule has 0 saturated heterocycles. The van der Waals surface area contributed by atoms with Crippen LogP contribution < -0.4 is 15.6 Å². The number of carbonyl (C=O) groups excluding carboxylic acids is 1. The third-order valence-electron chi connectivity index (χ3n) is 4.12. The Balaban J connectivity index is 1.78. The molecule has 26 heavy (non-hydrogen) atoms. The zero-order valence-corrected chi connectivity index (χ0v) is 14.6. The highest BCUT2D eigenvalue weighted by atomic mass is 19.1. The summed E-state index contributed by atoms with van der Waals surface area (Å²) in [5.41, 5.74) is 1.67. The van der Waals surface area contributed by atoms with Gasteiger partial charge in [-0.1, -0.05) is 12.1 Å². The second-order valence-electron chi connectivity index (χ2n) is 5.91. The largest absolute Gasteiger partial charge is 0.484 e. The number of pyridine rings is 1. The van der Waals surface area contributed by atoms with Crippen molar-refractivity contribution >= 4 is 22.5 Å². The number of ether oxygens (including phenoxy) is 1. The number of benzene rings is 2. The summed E-state index contributed by atoms with van der Waals surface area (Å²) in [6.07, 6.45) is 0. The number of aryl methyl sites for hydroxylation is 2. The van der Waals surface area contributed by atoms with Gasteiger partial charge in [-0.2, -0.15) is 0 Å². The number of amides is 1. The summed E-state index contributed by atoms with van der Waals surface area (Å²) in [6.45, 7) is 4.05. The van der Waals surface area contributed by atoms with Gasteiger partial charge >= 0.3 is 0 Å². The van der Waals surface area contributed by atoms with Crippen molar-refractivity contribution in [3.05, 3.63) is 70.3 Å². The quantitative estimate of drug-likeness (QED) is 0.763. The molecule has 0 atom stereocenters. The van der Waals surface area contributed by atoms with E-state index >= 15 is 0 Å². The van der Waals surface area contributed by atoms with E-state index in [0.29, 0.717) is 12.3 Å². The highest BCUT2D eigenvalue weighted by molar-refractivity contribution is 5.92. The van der Waals surface area contributed by atoms with Crippen LogP contribution in [0.5, 0.6) is 5.75 Å². The first-order valence-corrected chi connectivity index (χ1v) is 8.31. The molecule has 0 aliphatic rings. The molecule has 0 radical (unpaired) electrons. The summed E-state index contributed by atoms with van der Waals surface area (Å²) in [5.74, 6) is -0.505. The van der Waals surface area contributed by atoms with Gasteiger partial charge in [-0.25, -0.2) is 4.39 Å². The smallest absolute Gasteiger partial charge is 0.262 e. The Bertz CT molecular complexity index is 1030. The SMILES string of the molecule is CCn1c(=O)cc(C)c2ccc(OCC(=O)Nc3ccccc3F)cc21. The molecule has 0 aliphatic carbocycles. The molecule has 1 amide bonds. The van der Waals surface area contributed by atoms with Gasteiger partial charge in [0.1, 0.15) is 11.6 Å². The lowest BCUT2D eigenvalue weighted by Crippen LogP contribution is -2.21. The van der Waals surface area contributed by atoms with Crippen LogP contribution >= 0.6 is 0 Å². The summed E-state index contributed by atoms with van der Waals surface area (Å²) in [4.78, 5) is 24.1. The van der Waals surface area contributed by atoms with Crippen molar-refractivity contribution in [1.29, 1.82) is 0 Å². The van der Waals surface area contributed by atoms with Gasteiger partial charge in [-0.3, -0.25) is 9.59 Å². The number of carbonyl (C=O) groups is 1. The lowest BCUT2D eigenvalue weighted by molar-refractivity contribution is -0.118. The summed E-state index contributed by atoms with van der Waals surface area (Å²) in [6, 6.07) is 12.9. The van der Waals surface area contributed by atoms with Crippen LogP contribution in [0.25, 0.3) is 10.9 Å². The highest BCUT2D eigenvalue weighted by Crippen LogP contribution is 2.22. The third-order valence-corrected chi connectivity index (χ3v) is 4.12. The fourth-order valence-corrected chi connectivity index (χ4v) is 2.84. The van der Waals surface area contributed by atoms with E-state index < -0.39 is 11.7 Å². The fraction of sp³-hybridized carbons (Fsp3) is 0.200. The molecule has 1 N–H and O–H groups in total. The predicted molar refractivity (Wildman–Crippen MR) is 99.1 cm³/mol. The molecule has 3 rings (SSSR count). The van der Waals surface area contributed by atoms with Gasteiger partial charge < -0.3 is 14.6 Å². The number of rotatable bonds is 5. The Labute approximate surface area is 150 Å². The number of nitrogens with zero attached hydrogens (tertiary/aromatic N) is 1. The molecule has 0 spiro atoms. The summed E-state index contributed by atoms with van der Waals surface area (Å²) in [5, 5.41) is 3.42. The molecule has 0 aliphatic heterocycles. The number of hydrogen-bond donors (Lipinski definition) is 1. The van der Waals surface area contributed by atoms with E-state index in [2.05, 4.69) is 5.32 Å². The van der Waals surface area contributed by atoms with Crippen molar-refractivity contribution in [3.8, 4) is 5.75 Å². The lowest BCUT2D eigenvalue weighted by atomic mass is 10.1. The number of fused-ring (bicyclic) bond motifs is 1. The van der Waals surface area contributed by atoms with E-state index in [1.165, 1.54) is 12.1 Å². The minimum Gasteiger partial charge on any atom is -0.484 e. The van der Waals surface area contributed by atoms with Gasteiger partial charge in [0, 0.05) is 24.1 Å². The Kier molecular flexibility index (Phi) is 5.02. The Morgan fingerprint density at radius 3 is 2.69 bits per heavy atom. The first kappa shape index (κ1) is 17.7. The molecule has 0 fully saturated rings. The van der Waals surface area contributed by atoms with Crippen LogP contribution in [-0.4, -0.2) is 17.1 Å². The van der Waals surface area contributed by atoms with Crippen molar-refractivity contribution in [2.45, 2.75) is 20.4 Å². The van der Waals surface area contributed by atoms with Crippen LogP contribution in [0.2, 0.25) is 0 Å². The zero-order chi connectivity index (χ0) is 18.7. The van der Waals surface area contributed by atoms with Gasteiger partial charge in [-0.15, -0.1) is 0 Å². The molecule has 1 heterocycles. The second kappa shape index (κ2) is 7.39. The highest BCUT2D eigenvalue weighted by Gasteiger charge is 2.10. The monoisotopic (exact) mass is 354 g/mol. The Morgan fingerprint density at radius 2 is 1.96 bits per heavy atom. The predicted octanol–water partition coefficient (Wildman–Crippen LogP) is 3.49. The maximum atomic E-state index is 13.6. The third kappa shape index (κ3) is 3.59. The van der Waals surface area contributed by atoms with E-state index in [1.807, 2.05) is 19.9 Å². The topological polar surface area (TPSA) is 60.3 Å². The van der Waals surface area contributed by atoms with Crippen molar-refractivity contribution in [2.24, 2.45) is 0 Å². The van der Waals surface area contributed by atoms with E-state index in [1.54, 1.807) is 34.9 Å². The summed E-state index contributed by atoms with van der Waals surface area (Å²) >= 11 is 0. The number of anilines is 1. The van der Waals surface area contributed by atoms with Crippen molar-refractivity contribution < 1.29 is 13.9 Å². The van der Waals surface area contributed by atoms with E-state index in [-0.39, 0.29) is 17.9 Å². The molecule has 5 nitrogen and oxygen atoms in total. The van der Waals surface area contributed by atoms with Gasteiger partial charge in [-0.05, 0) is 43.7 Å². The maximum Gasteiger partial charge on any atom is 0.262 e. The summed E-state index contributed by atoms with van der Waals surface area (Å²) in [7, 11) is 0. The molecule has 6 heteroatoms. The first-order valence-electron chi connectivity index (χ1n) is 8.31. The van der Waals surface area contributed by atoms with Crippen LogP contribution in [0.4, 0.5) is 10.1 Å². The van der Waals surface area contributed by atoms with Crippen LogP contribution in [0.15, 0.2) is 53.3 Å². The minimum absolute atomic E-state index is 0.0769. The number of hydrogen-bond acceptors (Lipinski definition) is 3. The number of nitrogens with one attached hydrogen (secondary N) is 1. The maximum absolute atomic E-state index is 13.6. The average molecular weight is 354 g/mol. The number of halogens is 1. The molecule has 0 bridgehead atoms. The lowest BCUT2D eigenvalue weighted by Gasteiger charge is -2.12. The summed E-state index contributed by atoms with van der Waals surface area (Å²) < 4.78 is 20.7. The van der Waals surface area contributed by atoms with Crippen LogP contribution in [0.1, 0.15) is 12.5 Å². The van der Waals surface area contributed by atoms with Gasteiger partial charge in [0.15, 0.2) is 6.61 Å². The normalized spacial score (nSPS) is 10.7. The average Bonchev–Trinajstić information content (AvgIpc) is 2.62. The van der Waals surface area contributed by atoms with Crippen LogP contribution in [-0.2, 0) is 11.3 Å². The van der Waals surface area contributed by atoms with Crippen LogP contribution in [0, 0.1) is 12.7 Å². The molecule has 0 unspecified atom stereocenters. The minimum atomic E-state index is -0.506. The Morgan fingerprint density at radius 1 is 1.19 bits per heavy atom. The van der Waals surface area contributed by atoms with Crippen molar-refractivity contribution in [3.63, 3.8) is 0 Å². The zero-order valence-electron chi connectivity index (χ0n) is 14.6. The number of aromatic nitrogens is 1. The first-order chi connectivity index (χ1) is 12.5. The molecule has 1 aromatic heterocycles. The van der Waals surface area contributed by atoms with Gasteiger partial charge in [0.05, 0.1) is 11.2 Å². The van der Waals surface area contributed by atoms with E-state index in [4.69, 9.17) is 4.74 Å². The number of para-hydroxylation sites is 1. The van der Waals surface area contributed by atoms with Crippen molar-refractivity contribution in [2.75, 3.05) is 11.9 Å². The standard InChI is InChI=1S/C20H19FN2O3/c1-3-23-18-11-14(8-9-15(18)13(2)10-20(23)25)26-12-19(24)22-17-7-5-4-6-16(17)21/h4-11H,3,12H2,1-2H3,(H,22,24). The van der Waals surface area contributed by atoms with Crippen LogP contribution in [0.3, 0.4) is 0 Å². The molecule has 3 aromatic rings. The molecular weight excluding hydrogens is 335 g/mol. The van der Waals surface area contributed by atoms with Gasteiger partial charge in [0.2, 0.25) is 0 Å². The van der Waals surface area contributed by atoms with Crippen molar-refractivity contribution in [1.82, 2.24) is 4.57 Å².